The third-order valence-corrected chi connectivity index (χ3v) is 2.70. The summed E-state index contributed by atoms with van der Waals surface area (Å²) in [6.45, 7) is 4.15. The molecule has 0 saturated heterocycles. The highest BCUT2D eigenvalue weighted by Crippen LogP contribution is 2.19. The van der Waals surface area contributed by atoms with Crippen molar-refractivity contribution in [3.05, 3.63) is 10.0 Å². The van der Waals surface area contributed by atoms with Crippen LogP contribution in [0.3, 0.4) is 0 Å². The summed E-state index contributed by atoms with van der Waals surface area (Å²) in [4.78, 5) is 12.5. The van der Waals surface area contributed by atoms with E-state index in [-0.39, 0.29) is 0 Å². The summed E-state index contributed by atoms with van der Waals surface area (Å²) >= 11 is 2.11. The van der Waals surface area contributed by atoms with Crippen molar-refractivity contribution in [3.63, 3.8) is 0 Å². The first kappa shape index (κ1) is 9.63. The van der Waals surface area contributed by atoms with Crippen molar-refractivity contribution in [1.82, 2.24) is 19.5 Å². The molecule has 0 aliphatic heterocycles. The molecule has 2 heterocycles. The number of imidazole rings is 1. The lowest BCUT2D eigenvalue weighted by molar-refractivity contribution is 0.613. The van der Waals surface area contributed by atoms with Crippen molar-refractivity contribution in [2.24, 2.45) is 0 Å². The van der Waals surface area contributed by atoms with Gasteiger partial charge in [-0.1, -0.05) is 0 Å². The van der Waals surface area contributed by atoms with Gasteiger partial charge in [-0.05, 0) is 36.4 Å². The van der Waals surface area contributed by atoms with Crippen LogP contribution in [-0.2, 0) is 0 Å². The molecule has 0 saturated carbocycles. The van der Waals surface area contributed by atoms with Gasteiger partial charge in [-0.2, -0.15) is 4.98 Å². The maximum atomic E-state index is 5.58. The summed E-state index contributed by atoms with van der Waals surface area (Å²) in [6.07, 6.45) is 1.77. The Morgan fingerprint density at radius 3 is 2.79 bits per heavy atom. The first-order chi connectivity index (χ1) is 6.59. The summed E-state index contributed by atoms with van der Waals surface area (Å²) < 4.78 is 2.78. The molecule has 2 aromatic rings. The van der Waals surface area contributed by atoms with Crippen LogP contribution >= 0.6 is 22.6 Å². The zero-order chi connectivity index (χ0) is 10.3. The topological polar surface area (TPSA) is 69.6 Å². The zero-order valence-electron chi connectivity index (χ0n) is 7.90. The first-order valence-corrected chi connectivity index (χ1v) is 5.33. The third kappa shape index (κ3) is 1.43. The number of hydrogen-bond donors (Lipinski definition) is 1. The number of hydrogen-bond acceptors (Lipinski definition) is 4. The summed E-state index contributed by atoms with van der Waals surface area (Å²) in [5, 5.41) is 0. The van der Waals surface area contributed by atoms with Crippen LogP contribution in [0.4, 0.5) is 5.95 Å². The molecule has 5 nitrogen and oxygen atoms in total. The summed E-state index contributed by atoms with van der Waals surface area (Å²) in [5.74, 6) is 0.296. The highest BCUT2D eigenvalue weighted by Gasteiger charge is 2.11. The Morgan fingerprint density at radius 1 is 1.43 bits per heavy atom. The van der Waals surface area contributed by atoms with Crippen molar-refractivity contribution in [1.29, 1.82) is 0 Å². The predicted molar refractivity (Wildman–Crippen MR) is 62.8 cm³/mol. The molecule has 0 amide bonds. The number of halogens is 1. The van der Waals surface area contributed by atoms with Gasteiger partial charge >= 0.3 is 0 Å². The van der Waals surface area contributed by atoms with Gasteiger partial charge in [-0.3, -0.25) is 0 Å². The molecule has 0 radical (unpaired) electrons. The van der Waals surface area contributed by atoms with E-state index in [0.29, 0.717) is 12.0 Å². The fourth-order valence-corrected chi connectivity index (χ4v) is 1.90. The lowest BCUT2D eigenvalue weighted by Gasteiger charge is -2.06. The van der Waals surface area contributed by atoms with E-state index in [4.69, 9.17) is 5.73 Å². The van der Waals surface area contributed by atoms with Crippen LogP contribution in [0.25, 0.3) is 11.2 Å². The first-order valence-electron chi connectivity index (χ1n) is 4.25. The molecule has 74 valence electrons. The van der Waals surface area contributed by atoms with Gasteiger partial charge < -0.3 is 10.3 Å². The predicted octanol–water partition coefficient (Wildman–Crippen LogP) is 1.59. The van der Waals surface area contributed by atoms with Crippen molar-refractivity contribution in [2.45, 2.75) is 19.9 Å². The van der Waals surface area contributed by atoms with Gasteiger partial charge in [0, 0.05) is 6.04 Å². The number of aromatic nitrogens is 4. The molecule has 0 fully saturated rings. The van der Waals surface area contributed by atoms with Crippen molar-refractivity contribution in [3.8, 4) is 0 Å². The Bertz CT molecular complexity index is 476. The maximum Gasteiger partial charge on any atom is 0.223 e. The van der Waals surface area contributed by atoms with E-state index in [0.717, 1.165) is 14.9 Å². The Hall–Kier alpha value is -0.920. The minimum atomic E-state index is 0.296. The van der Waals surface area contributed by atoms with Crippen LogP contribution in [-0.4, -0.2) is 19.5 Å². The normalized spacial score (nSPS) is 11.4. The molecule has 0 aliphatic carbocycles. The maximum absolute atomic E-state index is 5.58. The molecule has 2 N–H and O–H groups in total. The van der Waals surface area contributed by atoms with Crippen LogP contribution in [0.5, 0.6) is 0 Å². The second kappa shape index (κ2) is 3.34. The minimum absolute atomic E-state index is 0.296. The second-order valence-corrected chi connectivity index (χ2v) is 4.31. The van der Waals surface area contributed by atoms with Gasteiger partial charge in [0.2, 0.25) is 5.95 Å². The monoisotopic (exact) mass is 303 g/mol. The molecule has 2 aromatic heterocycles. The van der Waals surface area contributed by atoms with E-state index in [9.17, 15) is 0 Å². The Kier molecular flexibility index (Phi) is 2.30. The van der Waals surface area contributed by atoms with Gasteiger partial charge in [-0.25, -0.2) is 9.97 Å². The second-order valence-electron chi connectivity index (χ2n) is 3.29. The van der Waals surface area contributed by atoms with E-state index in [1.54, 1.807) is 6.33 Å². The number of nitrogens with zero attached hydrogens (tertiary/aromatic N) is 4. The molecule has 2 rings (SSSR count). The van der Waals surface area contributed by atoms with Crippen LogP contribution < -0.4 is 5.73 Å². The van der Waals surface area contributed by atoms with Gasteiger partial charge in [0.1, 0.15) is 9.22 Å². The number of anilines is 1. The Balaban J connectivity index is 2.78. The highest BCUT2D eigenvalue weighted by atomic mass is 127. The van der Waals surface area contributed by atoms with E-state index in [1.165, 1.54) is 0 Å². The third-order valence-electron chi connectivity index (χ3n) is 1.95. The molecule has 0 bridgehead atoms. The molecule has 14 heavy (non-hydrogen) atoms. The molecule has 0 aliphatic rings. The SMILES string of the molecule is CC(C)n1cnc2c(I)nc(N)nc21. The average Bonchev–Trinajstić information content (AvgIpc) is 2.47. The van der Waals surface area contributed by atoms with Gasteiger partial charge in [-0.15, -0.1) is 0 Å². The van der Waals surface area contributed by atoms with E-state index in [2.05, 4.69) is 51.4 Å². The van der Waals surface area contributed by atoms with Crippen molar-refractivity contribution >= 4 is 39.7 Å². The largest absolute Gasteiger partial charge is 0.368 e. The van der Waals surface area contributed by atoms with E-state index < -0.39 is 0 Å². The Labute approximate surface area is 94.9 Å². The summed E-state index contributed by atoms with van der Waals surface area (Å²) in [6, 6.07) is 0.324. The van der Waals surface area contributed by atoms with Gasteiger partial charge in [0.15, 0.2) is 5.65 Å². The molecular formula is C8H10IN5. The minimum Gasteiger partial charge on any atom is -0.368 e. The van der Waals surface area contributed by atoms with E-state index >= 15 is 0 Å². The van der Waals surface area contributed by atoms with Crippen LogP contribution in [0.15, 0.2) is 6.33 Å². The number of rotatable bonds is 1. The molecular weight excluding hydrogens is 293 g/mol. The molecule has 0 spiro atoms. The standard InChI is InChI=1S/C8H10IN5/c1-4(2)14-3-11-5-6(9)12-8(10)13-7(5)14/h3-4H,1-2H3,(H2,10,12,13). The molecule has 0 atom stereocenters. The summed E-state index contributed by atoms with van der Waals surface area (Å²) in [5.41, 5.74) is 7.20. The lowest BCUT2D eigenvalue weighted by atomic mass is 10.4. The van der Waals surface area contributed by atoms with E-state index in [1.807, 2.05) is 4.57 Å². The Morgan fingerprint density at radius 2 is 2.14 bits per heavy atom. The number of fused-ring (bicyclic) bond motifs is 1. The quantitative estimate of drug-likeness (QED) is 0.641. The van der Waals surface area contributed by atoms with Gasteiger partial charge in [0.05, 0.1) is 6.33 Å². The number of nitrogen functional groups attached to an aromatic ring is 1. The zero-order valence-corrected chi connectivity index (χ0v) is 10.1. The molecule has 0 aromatic carbocycles. The van der Waals surface area contributed by atoms with Crippen molar-refractivity contribution < 1.29 is 0 Å². The fourth-order valence-electron chi connectivity index (χ4n) is 1.28. The fraction of sp³-hybridized carbons (Fsp3) is 0.375. The van der Waals surface area contributed by atoms with Crippen molar-refractivity contribution in [2.75, 3.05) is 5.73 Å². The lowest BCUT2D eigenvalue weighted by Crippen LogP contribution is -2.03. The van der Waals surface area contributed by atoms with Crippen LogP contribution in [0, 0.1) is 3.70 Å². The summed E-state index contributed by atoms with van der Waals surface area (Å²) in [7, 11) is 0. The average molecular weight is 303 g/mol. The number of nitrogens with two attached hydrogens (primary N) is 1. The molecule has 0 unspecified atom stereocenters. The van der Waals surface area contributed by atoms with Crippen LogP contribution in [0.1, 0.15) is 19.9 Å². The van der Waals surface area contributed by atoms with Crippen LogP contribution in [0.2, 0.25) is 0 Å². The van der Waals surface area contributed by atoms with Gasteiger partial charge in [0.25, 0.3) is 0 Å². The molecule has 6 heteroatoms. The smallest absolute Gasteiger partial charge is 0.223 e. The highest BCUT2D eigenvalue weighted by molar-refractivity contribution is 14.1.